The van der Waals surface area contributed by atoms with Crippen molar-refractivity contribution < 1.29 is 23.9 Å². The van der Waals surface area contributed by atoms with Gasteiger partial charge in [-0.05, 0) is 12.1 Å². The summed E-state index contributed by atoms with van der Waals surface area (Å²) in [4.78, 5) is 15.1. The van der Waals surface area contributed by atoms with Gasteiger partial charge in [-0.1, -0.05) is 22.1 Å². The number of ether oxygens (including phenoxy) is 2. The van der Waals surface area contributed by atoms with Crippen molar-refractivity contribution in [2.24, 2.45) is 0 Å². The van der Waals surface area contributed by atoms with Crippen LogP contribution in [0.25, 0.3) is 11.4 Å². The monoisotopic (exact) mass is 267 g/mol. The molecule has 19 heavy (non-hydrogen) atoms. The van der Waals surface area contributed by atoms with Gasteiger partial charge in [-0.3, -0.25) is 0 Å². The molecule has 0 radical (unpaired) electrons. The van der Waals surface area contributed by atoms with E-state index in [0.717, 1.165) is 0 Å². The van der Waals surface area contributed by atoms with Crippen molar-refractivity contribution in [1.29, 1.82) is 0 Å². The Morgan fingerprint density at radius 2 is 2.32 bits per heavy atom. The van der Waals surface area contributed by atoms with E-state index in [2.05, 4.69) is 14.8 Å². The second-order valence-corrected chi connectivity index (χ2v) is 3.48. The normalized spacial score (nSPS) is 10.2. The summed E-state index contributed by atoms with van der Waals surface area (Å²) < 4.78 is 22.3. The van der Waals surface area contributed by atoms with Gasteiger partial charge in [-0.15, -0.1) is 0 Å². The molecule has 8 heteroatoms. The first-order chi connectivity index (χ1) is 9.10. The topological polar surface area (TPSA) is 86.5 Å². The van der Waals surface area contributed by atoms with E-state index in [4.69, 9.17) is 4.74 Å². The maximum atomic E-state index is 13.1. The molecule has 0 saturated carbocycles. The van der Waals surface area contributed by atoms with Crippen LogP contribution in [-0.4, -0.2) is 39.8 Å². The number of benzene rings is 1. The van der Waals surface area contributed by atoms with E-state index in [1.165, 1.54) is 25.3 Å². The number of halogens is 1. The number of hydrogen-bond donors (Lipinski definition) is 1. The predicted molar refractivity (Wildman–Crippen MR) is 60.1 cm³/mol. The number of methoxy groups -OCH3 is 1. The van der Waals surface area contributed by atoms with Crippen LogP contribution in [0.4, 0.5) is 4.39 Å². The summed E-state index contributed by atoms with van der Waals surface area (Å²) in [6, 6.07) is 5.24. The van der Waals surface area contributed by atoms with Gasteiger partial charge >= 0.3 is 12.0 Å². The number of aromatic nitrogens is 3. The number of carbonyl (C=O) groups excluding carboxylic acids is 1. The highest BCUT2D eigenvalue weighted by molar-refractivity contribution is 5.70. The third-order valence-electron chi connectivity index (χ3n) is 2.20. The van der Waals surface area contributed by atoms with Crippen molar-refractivity contribution in [2.75, 3.05) is 13.7 Å². The van der Waals surface area contributed by atoms with Gasteiger partial charge in [-0.2, -0.15) is 4.98 Å². The van der Waals surface area contributed by atoms with Gasteiger partial charge in [0.05, 0.1) is 7.11 Å². The molecular formula is C11H10FN3O4. The molecule has 0 unspecified atom stereocenters. The minimum atomic E-state index is -0.610. The molecule has 0 atom stereocenters. The molecule has 1 aromatic heterocycles. The third kappa shape index (κ3) is 2.97. The molecule has 0 aliphatic rings. The molecule has 1 N–H and O–H groups in total. The Kier molecular flexibility index (Phi) is 3.60. The van der Waals surface area contributed by atoms with E-state index in [9.17, 15) is 14.4 Å². The fourth-order valence-corrected chi connectivity index (χ4v) is 1.34. The van der Waals surface area contributed by atoms with Crippen molar-refractivity contribution in [3.05, 3.63) is 30.1 Å². The molecule has 0 fully saturated rings. The van der Waals surface area contributed by atoms with Crippen LogP contribution in [0, 0.1) is 5.82 Å². The lowest BCUT2D eigenvalue weighted by Crippen LogP contribution is -2.13. The molecule has 2 rings (SSSR count). The molecule has 1 aromatic carbocycles. The van der Waals surface area contributed by atoms with E-state index in [1.807, 2.05) is 0 Å². The van der Waals surface area contributed by atoms with Gasteiger partial charge in [0.1, 0.15) is 5.82 Å². The number of nitrogens with zero attached hydrogens (tertiary/aromatic N) is 3. The molecule has 100 valence electrons. The Balaban J connectivity index is 2.19. The summed E-state index contributed by atoms with van der Waals surface area (Å²) in [5.74, 6) is -1.08. The van der Waals surface area contributed by atoms with E-state index < -0.39 is 11.8 Å². The molecule has 0 saturated heterocycles. The largest absolute Gasteiger partial charge is 0.466 e. The first kappa shape index (κ1) is 12.8. The van der Waals surface area contributed by atoms with Gasteiger partial charge in [0, 0.05) is 5.56 Å². The van der Waals surface area contributed by atoms with Crippen LogP contribution >= 0.6 is 0 Å². The van der Waals surface area contributed by atoms with Gasteiger partial charge < -0.3 is 14.7 Å². The van der Waals surface area contributed by atoms with E-state index in [1.54, 1.807) is 6.07 Å². The average Bonchev–Trinajstić information content (AvgIpc) is 2.77. The number of carbonyl (C=O) groups is 1. The Hall–Kier alpha value is -2.64. The van der Waals surface area contributed by atoms with Crippen LogP contribution < -0.4 is 4.74 Å². The molecule has 0 aliphatic heterocycles. The maximum absolute atomic E-state index is 13.1. The minimum Gasteiger partial charge on any atom is -0.466 e. The lowest BCUT2D eigenvalue weighted by atomic mass is 10.2. The standard InChI is InChI=1S/C11H10FN3O4/c1-18-9(16)6-19-11-13-10(15(17)14-11)7-3-2-4-8(12)5-7/h2-5,17H,6H2,1H3. The lowest BCUT2D eigenvalue weighted by molar-refractivity contribution is -0.143. The fourth-order valence-electron chi connectivity index (χ4n) is 1.34. The zero-order chi connectivity index (χ0) is 13.8. The second kappa shape index (κ2) is 5.34. The highest BCUT2D eigenvalue weighted by Gasteiger charge is 2.14. The Morgan fingerprint density at radius 3 is 3.00 bits per heavy atom. The fraction of sp³-hybridized carbons (Fsp3) is 0.182. The lowest BCUT2D eigenvalue weighted by Gasteiger charge is -1.98. The molecule has 1 heterocycles. The van der Waals surface area contributed by atoms with Crippen LogP contribution in [0.1, 0.15) is 0 Å². The Bertz CT molecular complexity index is 599. The second-order valence-electron chi connectivity index (χ2n) is 3.48. The van der Waals surface area contributed by atoms with Crippen molar-refractivity contribution >= 4 is 5.97 Å². The first-order valence-corrected chi connectivity index (χ1v) is 5.22. The third-order valence-corrected chi connectivity index (χ3v) is 2.20. The quantitative estimate of drug-likeness (QED) is 0.653. The first-order valence-electron chi connectivity index (χ1n) is 5.22. The zero-order valence-electron chi connectivity index (χ0n) is 9.91. The molecular weight excluding hydrogens is 257 g/mol. The highest BCUT2D eigenvalue weighted by Crippen LogP contribution is 2.19. The van der Waals surface area contributed by atoms with Gasteiger partial charge in [0.15, 0.2) is 6.61 Å². The van der Waals surface area contributed by atoms with Gasteiger partial charge in [0.25, 0.3) is 0 Å². The number of hydrogen-bond acceptors (Lipinski definition) is 6. The molecule has 7 nitrogen and oxygen atoms in total. The molecule has 0 bridgehead atoms. The van der Waals surface area contributed by atoms with E-state index in [0.29, 0.717) is 10.4 Å². The molecule has 0 aliphatic carbocycles. The average molecular weight is 267 g/mol. The molecule has 0 spiro atoms. The van der Waals surface area contributed by atoms with Crippen LogP contribution in [0.15, 0.2) is 24.3 Å². The Labute approximate surface area is 107 Å². The minimum absolute atomic E-state index is 0.000587. The summed E-state index contributed by atoms with van der Waals surface area (Å²) in [5, 5.41) is 13.1. The number of esters is 1. The van der Waals surface area contributed by atoms with Crippen LogP contribution in [0.2, 0.25) is 0 Å². The summed E-state index contributed by atoms with van der Waals surface area (Å²) in [7, 11) is 1.21. The SMILES string of the molecule is COC(=O)COc1nc(-c2cccc(F)c2)n(O)n1. The maximum Gasteiger partial charge on any atom is 0.344 e. The van der Waals surface area contributed by atoms with Gasteiger partial charge in [-0.25, -0.2) is 9.18 Å². The molecule has 2 aromatic rings. The van der Waals surface area contributed by atoms with Crippen molar-refractivity contribution in [3.63, 3.8) is 0 Å². The zero-order valence-corrected chi connectivity index (χ0v) is 9.91. The number of rotatable bonds is 4. The van der Waals surface area contributed by atoms with E-state index >= 15 is 0 Å². The Morgan fingerprint density at radius 1 is 1.53 bits per heavy atom. The summed E-state index contributed by atoms with van der Waals surface area (Å²) in [6.07, 6.45) is 0. The van der Waals surface area contributed by atoms with Crippen molar-refractivity contribution in [3.8, 4) is 17.4 Å². The van der Waals surface area contributed by atoms with Crippen LogP contribution in [0.3, 0.4) is 0 Å². The highest BCUT2D eigenvalue weighted by atomic mass is 19.1. The van der Waals surface area contributed by atoms with Crippen LogP contribution in [0.5, 0.6) is 6.01 Å². The van der Waals surface area contributed by atoms with Crippen molar-refractivity contribution in [2.45, 2.75) is 0 Å². The summed E-state index contributed by atoms with van der Waals surface area (Å²) in [5.41, 5.74) is 0.322. The van der Waals surface area contributed by atoms with Gasteiger partial charge in [0.2, 0.25) is 5.82 Å². The van der Waals surface area contributed by atoms with E-state index in [-0.39, 0.29) is 18.4 Å². The molecule has 0 amide bonds. The van der Waals surface area contributed by atoms with Crippen LogP contribution in [-0.2, 0) is 9.53 Å². The smallest absolute Gasteiger partial charge is 0.344 e. The predicted octanol–water partition coefficient (Wildman–Crippen LogP) is 0.873. The summed E-state index contributed by atoms with van der Waals surface area (Å²) in [6.45, 7) is -0.386. The summed E-state index contributed by atoms with van der Waals surface area (Å²) >= 11 is 0. The van der Waals surface area contributed by atoms with Crippen molar-refractivity contribution in [1.82, 2.24) is 14.9 Å².